The lowest BCUT2D eigenvalue weighted by molar-refractivity contribution is 0.239. The van der Waals surface area contributed by atoms with Crippen LogP contribution in [0.25, 0.3) is 0 Å². The molecule has 0 aromatic carbocycles. The van der Waals surface area contributed by atoms with E-state index in [9.17, 15) is 0 Å². The Labute approximate surface area is 108 Å². The van der Waals surface area contributed by atoms with Crippen LogP contribution in [0, 0.1) is 11.8 Å². The molecule has 0 aromatic rings. The number of rotatable bonds is 7. The second-order valence-corrected chi connectivity index (χ2v) is 5.80. The van der Waals surface area contributed by atoms with Crippen molar-refractivity contribution in [3.63, 3.8) is 0 Å². The summed E-state index contributed by atoms with van der Waals surface area (Å²) in [4.78, 5) is 2.69. The van der Waals surface area contributed by atoms with E-state index in [0.717, 1.165) is 18.4 Å². The standard InChI is InChI=1S/C15H32N2/c1-4-7-15-8-6-10-17(11-9-15)13-14(3)12-16-5-2/h14-16H,4-13H2,1-3H3. The number of nitrogens with one attached hydrogen (secondary N) is 1. The number of nitrogens with zero attached hydrogens (tertiary/aromatic N) is 1. The Hall–Kier alpha value is -0.0800. The molecule has 1 fully saturated rings. The Morgan fingerprint density at radius 2 is 2.06 bits per heavy atom. The highest BCUT2D eigenvalue weighted by atomic mass is 15.1. The molecule has 2 nitrogen and oxygen atoms in total. The Morgan fingerprint density at radius 1 is 1.24 bits per heavy atom. The summed E-state index contributed by atoms with van der Waals surface area (Å²) in [5, 5.41) is 3.46. The van der Waals surface area contributed by atoms with Gasteiger partial charge in [-0.05, 0) is 57.3 Å². The molecule has 1 aliphatic rings. The molecule has 102 valence electrons. The first-order chi connectivity index (χ1) is 8.26. The van der Waals surface area contributed by atoms with Crippen LogP contribution >= 0.6 is 0 Å². The summed E-state index contributed by atoms with van der Waals surface area (Å²) in [6.07, 6.45) is 7.12. The van der Waals surface area contributed by atoms with Crippen LogP contribution in [0.15, 0.2) is 0 Å². The fourth-order valence-electron chi connectivity index (χ4n) is 3.00. The topological polar surface area (TPSA) is 15.3 Å². The van der Waals surface area contributed by atoms with E-state index in [1.807, 2.05) is 0 Å². The van der Waals surface area contributed by atoms with E-state index in [0.29, 0.717) is 0 Å². The van der Waals surface area contributed by atoms with Gasteiger partial charge in [0.15, 0.2) is 0 Å². The minimum Gasteiger partial charge on any atom is -0.317 e. The summed E-state index contributed by atoms with van der Waals surface area (Å²) < 4.78 is 0. The first-order valence-electron chi connectivity index (χ1n) is 7.69. The molecule has 1 saturated heterocycles. The van der Waals surface area contributed by atoms with Crippen molar-refractivity contribution >= 4 is 0 Å². The van der Waals surface area contributed by atoms with E-state index in [4.69, 9.17) is 0 Å². The Bertz CT molecular complexity index is 182. The molecule has 0 saturated carbocycles. The van der Waals surface area contributed by atoms with E-state index in [1.54, 1.807) is 0 Å². The average molecular weight is 240 g/mol. The SMILES string of the molecule is CCCC1CCCN(CC(C)CNCC)CC1. The van der Waals surface area contributed by atoms with Gasteiger partial charge in [-0.3, -0.25) is 0 Å². The molecule has 1 rings (SSSR count). The van der Waals surface area contributed by atoms with Crippen LogP contribution in [0.5, 0.6) is 0 Å². The van der Waals surface area contributed by atoms with Gasteiger partial charge in [0.05, 0.1) is 0 Å². The Morgan fingerprint density at radius 3 is 2.76 bits per heavy atom. The molecular formula is C15H32N2. The third-order valence-corrected chi connectivity index (χ3v) is 3.95. The number of hydrogen-bond acceptors (Lipinski definition) is 2. The zero-order valence-corrected chi connectivity index (χ0v) is 12.2. The minimum atomic E-state index is 0.790. The summed E-state index contributed by atoms with van der Waals surface area (Å²) in [6, 6.07) is 0. The maximum atomic E-state index is 3.46. The van der Waals surface area contributed by atoms with Crippen molar-refractivity contribution in [3.05, 3.63) is 0 Å². The molecular weight excluding hydrogens is 208 g/mol. The average Bonchev–Trinajstić information content (AvgIpc) is 2.53. The van der Waals surface area contributed by atoms with Crippen molar-refractivity contribution < 1.29 is 0 Å². The predicted molar refractivity (Wildman–Crippen MR) is 76.4 cm³/mol. The monoisotopic (exact) mass is 240 g/mol. The van der Waals surface area contributed by atoms with Gasteiger partial charge in [0.25, 0.3) is 0 Å². The molecule has 0 amide bonds. The third-order valence-electron chi connectivity index (χ3n) is 3.95. The van der Waals surface area contributed by atoms with E-state index >= 15 is 0 Å². The molecule has 1 aliphatic heterocycles. The molecule has 0 radical (unpaired) electrons. The summed E-state index contributed by atoms with van der Waals surface area (Å²) in [5.74, 6) is 1.80. The summed E-state index contributed by atoms with van der Waals surface area (Å²) in [6.45, 7) is 13.1. The number of likely N-dealkylation sites (tertiary alicyclic amines) is 1. The molecule has 0 bridgehead atoms. The van der Waals surface area contributed by atoms with Crippen molar-refractivity contribution in [2.24, 2.45) is 11.8 Å². The normalized spacial score (nSPS) is 24.5. The highest BCUT2D eigenvalue weighted by Crippen LogP contribution is 2.22. The minimum absolute atomic E-state index is 0.790. The molecule has 2 heteroatoms. The Balaban J connectivity index is 2.21. The van der Waals surface area contributed by atoms with Crippen LogP contribution in [0.1, 0.15) is 52.9 Å². The van der Waals surface area contributed by atoms with E-state index in [1.165, 1.54) is 58.3 Å². The van der Waals surface area contributed by atoms with Crippen LogP contribution in [0.3, 0.4) is 0 Å². The zero-order chi connectivity index (χ0) is 12.5. The molecule has 0 aliphatic carbocycles. The lowest BCUT2D eigenvalue weighted by atomic mass is 9.96. The molecule has 1 heterocycles. The first-order valence-corrected chi connectivity index (χ1v) is 7.69. The van der Waals surface area contributed by atoms with Gasteiger partial charge in [-0.1, -0.05) is 33.6 Å². The smallest absolute Gasteiger partial charge is 0.00191 e. The highest BCUT2D eigenvalue weighted by molar-refractivity contribution is 4.72. The molecule has 2 atom stereocenters. The molecule has 17 heavy (non-hydrogen) atoms. The zero-order valence-electron chi connectivity index (χ0n) is 12.2. The van der Waals surface area contributed by atoms with Crippen LogP contribution in [-0.4, -0.2) is 37.6 Å². The third kappa shape index (κ3) is 6.42. The van der Waals surface area contributed by atoms with Crippen molar-refractivity contribution in [2.45, 2.75) is 52.9 Å². The predicted octanol–water partition coefficient (Wildman–Crippen LogP) is 3.13. The van der Waals surface area contributed by atoms with Crippen LogP contribution < -0.4 is 5.32 Å². The second-order valence-electron chi connectivity index (χ2n) is 5.80. The fraction of sp³-hybridized carbons (Fsp3) is 1.00. The van der Waals surface area contributed by atoms with Gasteiger partial charge in [0.2, 0.25) is 0 Å². The fourth-order valence-corrected chi connectivity index (χ4v) is 3.00. The molecule has 2 unspecified atom stereocenters. The van der Waals surface area contributed by atoms with Gasteiger partial charge in [-0.15, -0.1) is 0 Å². The van der Waals surface area contributed by atoms with Crippen LogP contribution in [0.2, 0.25) is 0 Å². The van der Waals surface area contributed by atoms with Crippen molar-refractivity contribution in [2.75, 3.05) is 32.7 Å². The van der Waals surface area contributed by atoms with E-state index in [-0.39, 0.29) is 0 Å². The van der Waals surface area contributed by atoms with Crippen LogP contribution in [-0.2, 0) is 0 Å². The van der Waals surface area contributed by atoms with Gasteiger partial charge in [-0.2, -0.15) is 0 Å². The maximum absolute atomic E-state index is 3.46. The van der Waals surface area contributed by atoms with E-state index < -0.39 is 0 Å². The molecule has 1 N–H and O–H groups in total. The highest BCUT2D eigenvalue weighted by Gasteiger charge is 2.17. The lowest BCUT2D eigenvalue weighted by Crippen LogP contribution is -2.34. The summed E-state index contributed by atoms with van der Waals surface area (Å²) in [5.41, 5.74) is 0. The van der Waals surface area contributed by atoms with Gasteiger partial charge in [0.1, 0.15) is 0 Å². The Kier molecular flexibility index (Phi) is 7.87. The lowest BCUT2D eigenvalue weighted by Gasteiger charge is -2.24. The quantitative estimate of drug-likeness (QED) is 0.735. The van der Waals surface area contributed by atoms with Crippen molar-refractivity contribution in [1.82, 2.24) is 10.2 Å². The van der Waals surface area contributed by atoms with Gasteiger partial charge in [0, 0.05) is 6.54 Å². The number of hydrogen-bond donors (Lipinski definition) is 1. The maximum Gasteiger partial charge on any atom is 0.00191 e. The van der Waals surface area contributed by atoms with E-state index in [2.05, 4.69) is 31.0 Å². The summed E-state index contributed by atoms with van der Waals surface area (Å²) in [7, 11) is 0. The van der Waals surface area contributed by atoms with Crippen molar-refractivity contribution in [3.8, 4) is 0 Å². The van der Waals surface area contributed by atoms with Gasteiger partial charge < -0.3 is 10.2 Å². The molecule has 0 spiro atoms. The first kappa shape index (κ1) is 15.0. The van der Waals surface area contributed by atoms with Crippen LogP contribution in [0.4, 0.5) is 0 Å². The summed E-state index contributed by atoms with van der Waals surface area (Å²) >= 11 is 0. The van der Waals surface area contributed by atoms with Crippen molar-refractivity contribution in [1.29, 1.82) is 0 Å². The second kappa shape index (κ2) is 8.93. The molecule has 0 aromatic heterocycles. The van der Waals surface area contributed by atoms with Gasteiger partial charge in [-0.25, -0.2) is 0 Å². The largest absolute Gasteiger partial charge is 0.317 e. The van der Waals surface area contributed by atoms with Gasteiger partial charge >= 0.3 is 0 Å².